The number of rotatable bonds is 7. The Kier molecular flexibility index (Phi) is 5.98. The molecule has 114 valence electrons. The number of piperidine rings is 1. The first-order valence-electron chi connectivity index (χ1n) is 7.03. The van der Waals surface area contributed by atoms with E-state index in [-0.39, 0.29) is 6.61 Å². The highest BCUT2D eigenvalue weighted by Crippen LogP contribution is 2.21. The first kappa shape index (κ1) is 15.9. The summed E-state index contributed by atoms with van der Waals surface area (Å²) in [5.74, 6) is 0. The lowest BCUT2D eigenvalue weighted by molar-refractivity contribution is 0.233. The lowest BCUT2D eigenvalue weighted by Gasteiger charge is -2.26. The molecule has 1 aliphatic heterocycles. The lowest BCUT2D eigenvalue weighted by Crippen LogP contribution is -2.37. The van der Waals surface area contributed by atoms with Gasteiger partial charge in [-0.25, -0.2) is 13.1 Å². The molecule has 0 saturated carbocycles. The summed E-state index contributed by atoms with van der Waals surface area (Å²) in [6, 6.07) is 3.37. The number of nitrogens with zero attached hydrogens (tertiary/aromatic N) is 1. The summed E-state index contributed by atoms with van der Waals surface area (Å²) >= 11 is 1.23. The molecule has 0 aromatic carbocycles. The van der Waals surface area contributed by atoms with E-state index in [1.165, 1.54) is 30.6 Å². The Bertz CT molecular complexity index is 507. The molecule has 1 aromatic rings. The second kappa shape index (κ2) is 7.51. The summed E-state index contributed by atoms with van der Waals surface area (Å²) in [4.78, 5) is 3.20. The zero-order chi connectivity index (χ0) is 14.4. The normalized spacial score (nSPS) is 17.4. The van der Waals surface area contributed by atoms with Crippen molar-refractivity contribution in [3.63, 3.8) is 0 Å². The van der Waals surface area contributed by atoms with Gasteiger partial charge in [0.2, 0.25) is 10.0 Å². The Balaban J connectivity index is 1.83. The molecule has 1 saturated heterocycles. The molecule has 2 N–H and O–H groups in total. The maximum atomic E-state index is 12.1. The first-order chi connectivity index (χ1) is 9.62. The van der Waals surface area contributed by atoms with Gasteiger partial charge < -0.3 is 10.0 Å². The Morgan fingerprint density at radius 3 is 2.70 bits per heavy atom. The minimum Gasteiger partial charge on any atom is -0.396 e. The van der Waals surface area contributed by atoms with E-state index in [2.05, 4.69) is 9.62 Å². The van der Waals surface area contributed by atoms with Crippen molar-refractivity contribution in [1.82, 2.24) is 9.62 Å². The summed E-state index contributed by atoms with van der Waals surface area (Å²) in [5.41, 5.74) is 0. The Morgan fingerprint density at radius 2 is 2.00 bits per heavy atom. The van der Waals surface area contributed by atoms with E-state index in [0.717, 1.165) is 24.5 Å². The van der Waals surface area contributed by atoms with Gasteiger partial charge in [-0.05, 0) is 38.1 Å². The van der Waals surface area contributed by atoms with Gasteiger partial charge in [-0.2, -0.15) is 0 Å². The number of sulfonamides is 1. The van der Waals surface area contributed by atoms with E-state index < -0.39 is 10.0 Å². The minimum absolute atomic E-state index is 0.0440. The molecule has 1 aromatic heterocycles. The number of likely N-dealkylation sites (tertiary alicyclic amines) is 1. The van der Waals surface area contributed by atoms with E-state index in [9.17, 15) is 8.42 Å². The molecule has 0 bridgehead atoms. The van der Waals surface area contributed by atoms with Gasteiger partial charge in [0, 0.05) is 31.0 Å². The number of hydrogen-bond donors (Lipinski definition) is 2. The smallest absolute Gasteiger partial charge is 0.250 e. The van der Waals surface area contributed by atoms with Gasteiger partial charge in [-0.3, -0.25) is 0 Å². The number of nitrogens with one attached hydrogen (secondary N) is 1. The number of thiophene rings is 1. The topological polar surface area (TPSA) is 69.6 Å². The molecule has 0 unspecified atom stereocenters. The van der Waals surface area contributed by atoms with E-state index in [1.807, 2.05) is 0 Å². The summed E-state index contributed by atoms with van der Waals surface area (Å²) in [6.07, 6.45) is 4.21. The van der Waals surface area contributed by atoms with Gasteiger partial charge in [0.1, 0.15) is 4.21 Å². The summed E-state index contributed by atoms with van der Waals surface area (Å²) in [6.45, 7) is 3.41. The molecule has 1 fully saturated rings. The SMILES string of the molecule is O=S(=O)(NCCN1CCCCC1)c1ccc(CCO)s1. The highest BCUT2D eigenvalue weighted by atomic mass is 32.2. The molecule has 0 radical (unpaired) electrons. The Labute approximate surface area is 124 Å². The fourth-order valence-electron chi connectivity index (χ4n) is 2.34. The van der Waals surface area contributed by atoms with Gasteiger partial charge in [-0.15, -0.1) is 11.3 Å². The van der Waals surface area contributed by atoms with Gasteiger partial charge in [0.05, 0.1) is 0 Å². The van der Waals surface area contributed by atoms with E-state index in [0.29, 0.717) is 17.2 Å². The van der Waals surface area contributed by atoms with Gasteiger partial charge in [0.15, 0.2) is 0 Å². The van der Waals surface area contributed by atoms with Crippen LogP contribution in [0.15, 0.2) is 16.3 Å². The van der Waals surface area contributed by atoms with Crippen LogP contribution in [0.3, 0.4) is 0 Å². The predicted octanol–water partition coefficient (Wildman–Crippen LogP) is 1.05. The van der Waals surface area contributed by atoms with E-state index >= 15 is 0 Å². The summed E-state index contributed by atoms with van der Waals surface area (Å²) in [5, 5.41) is 8.85. The highest BCUT2D eigenvalue weighted by molar-refractivity contribution is 7.91. The van der Waals surface area contributed by atoms with Crippen molar-refractivity contribution in [2.75, 3.05) is 32.8 Å². The quantitative estimate of drug-likeness (QED) is 0.788. The lowest BCUT2D eigenvalue weighted by atomic mass is 10.1. The number of hydrogen-bond acceptors (Lipinski definition) is 5. The zero-order valence-electron chi connectivity index (χ0n) is 11.5. The van der Waals surface area contributed by atoms with Gasteiger partial charge in [-0.1, -0.05) is 6.42 Å². The van der Waals surface area contributed by atoms with Crippen LogP contribution in [0.4, 0.5) is 0 Å². The van der Waals surface area contributed by atoms with Crippen molar-refractivity contribution in [1.29, 1.82) is 0 Å². The third-order valence-corrected chi connectivity index (χ3v) is 6.53. The number of aliphatic hydroxyl groups excluding tert-OH is 1. The third-order valence-electron chi connectivity index (χ3n) is 3.43. The molecule has 2 rings (SSSR count). The zero-order valence-corrected chi connectivity index (χ0v) is 13.2. The molecule has 0 amide bonds. The molecule has 7 heteroatoms. The van der Waals surface area contributed by atoms with Crippen LogP contribution in [0.2, 0.25) is 0 Å². The van der Waals surface area contributed by atoms with Crippen molar-refractivity contribution >= 4 is 21.4 Å². The van der Waals surface area contributed by atoms with Crippen LogP contribution in [-0.2, 0) is 16.4 Å². The molecule has 5 nitrogen and oxygen atoms in total. The number of aliphatic hydroxyl groups is 1. The van der Waals surface area contributed by atoms with Crippen LogP contribution < -0.4 is 4.72 Å². The van der Waals surface area contributed by atoms with Crippen molar-refractivity contribution in [3.05, 3.63) is 17.0 Å². The van der Waals surface area contributed by atoms with Crippen LogP contribution in [0.1, 0.15) is 24.1 Å². The molecular formula is C13H22N2O3S2. The van der Waals surface area contributed by atoms with Gasteiger partial charge >= 0.3 is 0 Å². The molecule has 2 heterocycles. The standard InChI is InChI=1S/C13H22N2O3S2/c16-11-6-12-4-5-13(19-12)20(17,18)14-7-10-15-8-2-1-3-9-15/h4-5,14,16H,1-3,6-11H2. The first-order valence-corrected chi connectivity index (χ1v) is 9.33. The second-order valence-corrected chi connectivity index (χ2v) is 8.16. The molecular weight excluding hydrogens is 296 g/mol. The Hall–Kier alpha value is -0.470. The minimum atomic E-state index is -3.40. The largest absolute Gasteiger partial charge is 0.396 e. The average molecular weight is 318 g/mol. The summed E-state index contributed by atoms with van der Waals surface area (Å²) in [7, 11) is -3.40. The van der Waals surface area contributed by atoms with Crippen molar-refractivity contribution in [2.24, 2.45) is 0 Å². The van der Waals surface area contributed by atoms with Crippen LogP contribution in [-0.4, -0.2) is 51.2 Å². The third kappa shape index (κ3) is 4.53. The van der Waals surface area contributed by atoms with Crippen LogP contribution in [0.5, 0.6) is 0 Å². The van der Waals surface area contributed by atoms with Crippen LogP contribution in [0, 0.1) is 0 Å². The molecule has 0 spiro atoms. The second-order valence-electron chi connectivity index (χ2n) is 4.99. The van der Waals surface area contributed by atoms with E-state index in [1.54, 1.807) is 12.1 Å². The fourth-order valence-corrected chi connectivity index (χ4v) is 4.75. The van der Waals surface area contributed by atoms with Crippen LogP contribution in [0.25, 0.3) is 0 Å². The van der Waals surface area contributed by atoms with E-state index in [4.69, 9.17) is 5.11 Å². The highest BCUT2D eigenvalue weighted by Gasteiger charge is 2.17. The maximum Gasteiger partial charge on any atom is 0.250 e. The molecule has 0 aliphatic carbocycles. The van der Waals surface area contributed by atoms with Crippen LogP contribution >= 0.6 is 11.3 Å². The maximum absolute atomic E-state index is 12.1. The molecule has 1 aliphatic rings. The monoisotopic (exact) mass is 318 g/mol. The average Bonchev–Trinajstić information content (AvgIpc) is 2.90. The van der Waals surface area contributed by atoms with Crippen molar-refractivity contribution < 1.29 is 13.5 Å². The molecule has 20 heavy (non-hydrogen) atoms. The predicted molar refractivity (Wildman–Crippen MR) is 80.6 cm³/mol. The summed E-state index contributed by atoms with van der Waals surface area (Å²) < 4.78 is 27.2. The van der Waals surface area contributed by atoms with Crippen molar-refractivity contribution in [3.8, 4) is 0 Å². The van der Waals surface area contributed by atoms with Crippen molar-refractivity contribution in [2.45, 2.75) is 29.9 Å². The Morgan fingerprint density at radius 1 is 1.25 bits per heavy atom. The molecule has 0 atom stereocenters. The fraction of sp³-hybridized carbons (Fsp3) is 0.692. The van der Waals surface area contributed by atoms with Gasteiger partial charge in [0.25, 0.3) is 0 Å².